The quantitative estimate of drug-likeness (QED) is 0.800. The molecule has 1 aromatic carbocycles. The van der Waals surface area contributed by atoms with Crippen LogP contribution in [0.4, 0.5) is 9.52 Å². The van der Waals surface area contributed by atoms with Crippen molar-refractivity contribution in [3.05, 3.63) is 44.1 Å². The molecule has 1 aliphatic rings. The first-order valence-electron chi connectivity index (χ1n) is 5.45. The molecule has 1 aromatic heterocycles. The molecule has 0 spiro atoms. The van der Waals surface area contributed by atoms with E-state index in [0.29, 0.717) is 5.13 Å². The molecule has 2 aromatic rings. The Morgan fingerprint density at radius 1 is 1.33 bits per heavy atom. The number of halogens is 3. The fourth-order valence-electron chi connectivity index (χ4n) is 2.34. The van der Waals surface area contributed by atoms with Gasteiger partial charge in [-0.2, -0.15) is 0 Å². The van der Waals surface area contributed by atoms with E-state index < -0.39 is 5.82 Å². The van der Waals surface area contributed by atoms with Gasteiger partial charge in [-0.15, -0.1) is 11.3 Å². The van der Waals surface area contributed by atoms with Gasteiger partial charge in [-0.25, -0.2) is 9.37 Å². The minimum Gasteiger partial charge on any atom is -0.375 e. The summed E-state index contributed by atoms with van der Waals surface area (Å²) in [6, 6.07) is 3.27. The molecule has 0 saturated heterocycles. The molecule has 2 nitrogen and oxygen atoms in total. The third kappa shape index (κ3) is 1.88. The number of hydrogen-bond donors (Lipinski definition) is 1. The molecule has 0 bridgehead atoms. The van der Waals surface area contributed by atoms with Gasteiger partial charge in [-0.1, -0.05) is 23.2 Å². The number of nitrogens with zero attached hydrogens (tertiary/aromatic N) is 1. The van der Waals surface area contributed by atoms with Crippen LogP contribution in [0.3, 0.4) is 0 Å². The summed E-state index contributed by atoms with van der Waals surface area (Å²) in [7, 11) is 0. The number of thiazole rings is 1. The summed E-state index contributed by atoms with van der Waals surface area (Å²) >= 11 is 13.1. The van der Waals surface area contributed by atoms with E-state index in [4.69, 9.17) is 28.9 Å². The molecule has 18 heavy (non-hydrogen) atoms. The van der Waals surface area contributed by atoms with Gasteiger partial charge in [0.15, 0.2) is 10.9 Å². The first-order chi connectivity index (χ1) is 8.56. The second-order valence-electron chi connectivity index (χ2n) is 4.25. The van der Waals surface area contributed by atoms with Crippen LogP contribution in [0.25, 0.3) is 0 Å². The Balaban J connectivity index is 2.07. The normalized spacial score (nSPS) is 18.1. The van der Waals surface area contributed by atoms with Crippen molar-refractivity contribution in [3.63, 3.8) is 0 Å². The number of rotatable bonds is 1. The maximum Gasteiger partial charge on any atom is 0.180 e. The topological polar surface area (TPSA) is 38.9 Å². The number of nitrogens with two attached hydrogens (primary N) is 1. The van der Waals surface area contributed by atoms with Crippen LogP contribution < -0.4 is 5.73 Å². The van der Waals surface area contributed by atoms with Gasteiger partial charge in [0.1, 0.15) is 0 Å². The molecule has 0 saturated carbocycles. The first-order valence-corrected chi connectivity index (χ1v) is 7.03. The smallest absolute Gasteiger partial charge is 0.180 e. The Bertz CT molecular complexity index is 604. The largest absolute Gasteiger partial charge is 0.375 e. The maximum absolute atomic E-state index is 13.4. The van der Waals surface area contributed by atoms with Crippen molar-refractivity contribution in [2.24, 2.45) is 0 Å². The molecule has 0 fully saturated rings. The van der Waals surface area contributed by atoms with Crippen LogP contribution in [0.2, 0.25) is 10.0 Å². The predicted octanol–water partition coefficient (Wildman–Crippen LogP) is 4.25. The highest BCUT2D eigenvalue weighted by molar-refractivity contribution is 7.15. The summed E-state index contributed by atoms with van der Waals surface area (Å²) in [6.45, 7) is 0. The number of benzene rings is 1. The number of nitrogen functional groups attached to an aromatic ring is 1. The highest BCUT2D eigenvalue weighted by Crippen LogP contribution is 2.43. The van der Waals surface area contributed by atoms with E-state index in [1.54, 1.807) is 12.1 Å². The molecule has 3 rings (SSSR count). The number of aromatic nitrogens is 1. The van der Waals surface area contributed by atoms with Gasteiger partial charge in [0.05, 0.1) is 15.7 Å². The molecule has 1 atom stereocenters. The van der Waals surface area contributed by atoms with Crippen LogP contribution >= 0.6 is 34.5 Å². The van der Waals surface area contributed by atoms with Crippen LogP contribution in [0.15, 0.2) is 12.1 Å². The molecular formula is C12H9Cl2FN2S. The van der Waals surface area contributed by atoms with Gasteiger partial charge >= 0.3 is 0 Å². The second kappa shape index (κ2) is 4.37. The van der Waals surface area contributed by atoms with Crippen molar-refractivity contribution in [2.75, 3.05) is 5.73 Å². The van der Waals surface area contributed by atoms with E-state index in [2.05, 4.69) is 4.98 Å². The van der Waals surface area contributed by atoms with Crippen molar-refractivity contribution in [2.45, 2.75) is 18.8 Å². The lowest BCUT2D eigenvalue weighted by Gasteiger charge is -2.11. The van der Waals surface area contributed by atoms with Gasteiger partial charge in [-0.3, -0.25) is 0 Å². The zero-order valence-electron chi connectivity index (χ0n) is 9.21. The number of aryl methyl sites for hydroxylation is 1. The zero-order chi connectivity index (χ0) is 12.9. The number of anilines is 1. The molecule has 1 aliphatic carbocycles. The van der Waals surface area contributed by atoms with Crippen molar-refractivity contribution in [1.82, 2.24) is 4.98 Å². The van der Waals surface area contributed by atoms with Crippen LogP contribution in [-0.2, 0) is 6.42 Å². The van der Waals surface area contributed by atoms with Crippen molar-refractivity contribution in [3.8, 4) is 0 Å². The zero-order valence-corrected chi connectivity index (χ0v) is 11.5. The van der Waals surface area contributed by atoms with Gasteiger partial charge in [0.2, 0.25) is 0 Å². The summed E-state index contributed by atoms with van der Waals surface area (Å²) in [4.78, 5) is 5.43. The van der Waals surface area contributed by atoms with E-state index in [9.17, 15) is 4.39 Å². The van der Waals surface area contributed by atoms with E-state index in [1.807, 2.05) is 0 Å². The van der Waals surface area contributed by atoms with Crippen LogP contribution in [0.1, 0.15) is 28.5 Å². The average molecular weight is 303 g/mol. The fraction of sp³-hybridized carbons (Fsp3) is 0.250. The van der Waals surface area contributed by atoms with E-state index in [0.717, 1.165) is 29.0 Å². The lowest BCUT2D eigenvalue weighted by molar-refractivity contribution is 0.627. The van der Waals surface area contributed by atoms with E-state index in [-0.39, 0.29) is 16.0 Å². The summed E-state index contributed by atoms with van der Waals surface area (Å²) in [5.41, 5.74) is 7.67. The molecule has 0 amide bonds. The maximum atomic E-state index is 13.4. The highest BCUT2D eigenvalue weighted by Gasteiger charge is 2.28. The van der Waals surface area contributed by atoms with Gasteiger partial charge < -0.3 is 5.73 Å². The first kappa shape index (κ1) is 12.2. The number of hydrogen-bond acceptors (Lipinski definition) is 3. The summed E-state index contributed by atoms with van der Waals surface area (Å²) in [6.07, 6.45) is 1.83. The monoisotopic (exact) mass is 302 g/mol. The minimum atomic E-state index is -0.566. The third-order valence-electron chi connectivity index (χ3n) is 3.14. The Hall–Kier alpha value is -0.840. The molecule has 1 heterocycles. The van der Waals surface area contributed by atoms with Gasteiger partial charge in [0, 0.05) is 10.8 Å². The molecule has 2 N–H and O–H groups in total. The number of fused-ring (bicyclic) bond motifs is 1. The van der Waals surface area contributed by atoms with Crippen LogP contribution in [0.5, 0.6) is 0 Å². The SMILES string of the molecule is Nc1nc2c(s1)C(c1cc(Cl)c(F)c(Cl)c1)CC2. The summed E-state index contributed by atoms with van der Waals surface area (Å²) < 4.78 is 13.4. The van der Waals surface area contributed by atoms with Crippen molar-refractivity contribution in [1.29, 1.82) is 0 Å². The average Bonchev–Trinajstić information content (AvgIpc) is 2.83. The van der Waals surface area contributed by atoms with Crippen LogP contribution in [0, 0.1) is 5.82 Å². The third-order valence-corrected chi connectivity index (χ3v) is 4.73. The molecule has 94 valence electrons. The van der Waals surface area contributed by atoms with Gasteiger partial charge in [-0.05, 0) is 30.5 Å². The summed E-state index contributed by atoms with van der Waals surface area (Å²) in [5.74, 6) is -0.394. The summed E-state index contributed by atoms with van der Waals surface area (Å²) in [5, 5.41) is 0.691. The van der Waals surface area contributed by atoms with E-state index >= 15 is 0 Å². The predicted molar refractivity (Wildman–Crippen MR) is 73.1 cm³/mol. The Morgan fingerprint density at radius 3 is 2.67 bits per heavy atom. The lowest BCUT2D eigenvalue weighted by atomic mass is 9.98. The Morgan fingerprint density at radius 2 is 2.00 bits per heavy atom. The lowest BCUT2D eigenvalue weighted by Crippen LogP contribution is -1.96. The van der Waals surface area contributed by atoms with Crippen molar-refractivity contribution >= 4 is 39.7 Å². The fourth-order valence-corrected chi connectivity index (χ4v) is 3.89. The second-order valence-corrected chi connectivity index (χ2v) is 6.13. The minimum absolute atomic E-state index is 0.0587. The standard InChI is InChI=1S/C12H9Cl2FN2S/c13-7-3-5(4-8(14)10(7)15)6-1-2-9-11(6)18-12(16)17-9/h3-4,6H,1-2H2,(H2,16,17). The van der Waals surface area contributed by atoms with E-state index in [1.165, 1.54) is 11.3 Å². The molecule has 0 aliphatic heterocycles. The van der Waals surface area contributed by atoms with Gasteiger partial charge in [0.25, 0.3) is 0 Å². The molecule has 1 unspecified atom stereocenters. The molecular weight excluding hydrogens is 294 g/mol. The van der Waals surface area contributed by atoms with Crippen molar-refractivity contribution < 1.29 is 4.39 Å². The van der Waals surface area contributed by atoms with Crippen LogP contribution in [-0.4, -0.2) is 4.98 Å². The molecule has 0 radical (unpaired) electrons. The highest BCUT2D eigenvalue weighted by atomic mass is 35.5. The Labute approximate surface area is 118 Å². The Kier molecular flexibility index (Phi) is 2.96. The molecule has 6 heteroatoms.